The Labute approximate surface area is 144 Å². The van der Waals surface area contributed by atoms with E-state index in [1.54, 1.807) is 12.1 Å². The van der Waals surface area contributed by atoms with Crippen LogP contribution in [0.25, 0.3) is 0 Å². The van der Waals surface area contributed by atoms with Crippen LogP contribution in [-0.4, -0.2) is 45.8 Å². The first-order valence-corrected chi connectivity index (χ1v) is 10.0. The van der Waals surface area contributed by atoms with Gasteiger partial charge in [0, 0.05) is 24.3 Å². The second-order valence-electron chi connectivity index (χ2n) is 7.28. The van der Waals surface area contributed by atoms with Crippen LogP contribution in [-0.2, 0) is 14.8 Å². The molecule has 134 valence electrons. The molecule has 0 aliphatic carbocycles. The average Bonchev–Trinajstić information content (AvgIpc) is 2.96. The van der Waals surface area contributed by atoms with Crippen LogP contribution >= 0.6 is 0 Å². The highest BCUT2D eigenvalue weighted by molar-refractivity contribution is 7.92. The van der Waals surface area contributed by atoms with Gasteiger partial charge in [-0.3, -0.25) is 9.10 Å². The minimum Gasteiger partial charge on any atom is -0.372 e. The monoisotopic (exact) mass is 353 g/mol. The Morgan fingerprint density at radius 1 is 1.17 bits per heavy atom. The zero-order valence-corrected chi connectivity index (χ0v) is 15.7. The van der Waals surface area contributed by atoms with E-state index < -0.39 is 15.6 Å². The summed E-state index contributed by atoms with van der Waals surface area (Å²) in [6.45, 7) is 7.42. The minimum absolute atomic E-state index is 0.223. The summed E-state index contributed by atoms with van der Waals surface area (Å²) in [5.74, 6) is -0.323. The molecule has 0 radical (unpaired) electrons. The molecule has 1 aromatic carbocycles. The van der Waals surface area contributed by atoms with Crippen molar-refractivity contribution in [3.63, 3.8) is 0 Å². The predicted octanol–water partition coefficient (Wildman–Crippen LogP) is 1.97. The quantitative estimate of drug-likeness (QED) is 0.879. The highest BCUT2D eigenvalue weighted by Crippen LogP contribution is 2.25. The Kier molecular flexibility index (Phi) is 5.42. The van der Waals surface area contributed by atoms with Gasteiger partial charge in [0.05, 0.1) is 11.9 Å². The van der Waals surface area contributed by atoms with Crippen LogP contribution in [0.15, 0.2) is 24.3 Å². The predicted molar refractivity (Wildman–Crippen MR) is 98.0 cm³/mol. The van der Waals surface area contributed by atoms with Crippen molar-refractivity contribution in [3.05, 3.63) is 24.3 Å². The van der Waals surface area contributed by atoms with E-state index in [4.69, 9.17) is 0 Å². The smallest absolute Gasteiger partial charge is 0.241 e. The number of anilines is 2. The first-order chi connectivity index (χ1) is 11.1. The van der Waals surface area contributed by atoms with E-state index in [0.29, 0.717) is 5.69 Å². The molecule has 1 N–H and O–H groups in total. The van der Waals surface area contributed by atoms with Crippen LogP contribution in [0.1, 0.15) is 33.6 Å². The molecule has 7 heteroatoms. The molecule has 1 heterocycles. The molecular weight excluding hydrogens is 326 g/mol. The zero-order chi connectivity index (χ0) is 18.0. The summed E-state index contributed by atoms with van der Waals surface area (Å²) < 4.78 is 25.4. The summed E-state index contributed by atoms with van der Waals surface area (Å²) >= 11 is 0. The number of hydrogen-bond donors (Lipinski definition) is 1. The summed E-state index contributed by atoms with van der Waals surface area (Å²) in [7, 11) is -3.54. The number of nitrogens with one attached hydrogen (secondary N) is 1. The van der Waals surface area contributed by atoms with E-state index in [2.05, 4.69) is 10.2 Å². The highest BCUT2D eigenvalue weighted by Gasteiger charge is 2.23. The third kappa shape index (κ3) is 5.12. The Balaban J connectivity index is 2.17. The average molecular weight is 353 g/mol. The topological polar surface area (TPSA) is 69.7 Å². The van der Waals surface area contributed by atoms with Crippen LogP contribution in [0.5, 0.6) is 0 Å². The van der Waals surface area contributed by atoms with Crippen molar-refractivity contribution in [1.82, 2.24) is 5.32 Å². The van der Waals surface area contributed by atoms with Gasteiger partial charge >= 0.3 is 0 Å². The molecule has 1 aliphatic heterocycles. The summed E-state index contributed by atoms with van der Waals surface area (Å²) in [4.78, 5) is 14.4. The number of carbonyl (C=O) groups excluding carboxylic acids is 1. The molecule has 1 aromatic rings. The van der Waals surface area contributed by atoms with Crippen LogP contribution in [0.3, 0.4) is 0 Å². The molecule has 0 atom stereocenters. The number of carbonyl (C=O) groups is 1. The Morgan fingerprint density at radius 2 is 1.71 bits per heavy atom. The highest BCUT2D eigenvalue weighted by atomic mass is 32.2. The summed E-state index contributed by atoms with van der Waals surface area (Å²) in [6, 6.07) is 7.36. The lowest BCUT2D eigenvalue weighted by Gasteiger charge is -2.26. The number of hydrogen-bond acceptors (Lipinski definition) is 4. The molecule has 1 aliphatic rings. The SMILES string of the molecule is CC(C)(C)NC(=O)CN(c1ccc(N2CCCC2)cc1)S(C)(=O)=O. The lowest BCUT2D eigenvalue weighted by molar-refractivity contribution is -0.121. The zero-order valence-electron chi connectivity index (χ0n) is 14.9. The first kappa shape index (κ1) is 18.6. The molecule has 24 heavy (non-hydrogen) atoms. The van der Waals surface area contributed by atoms with Crippen molar-refractivity contribution < 1.29 is 13.2 Å². The number of sulfonamides is 1. The lowest BCUT2D eigenvalue weighted by atomic mass is 10.1. The van der Waals surface area contributed by atoms with Crippen molar-refractivity contribution >= 4 is 27.3 Å². The van der Waals surface area contributed by atoms with Gasteiger partial charge in [-0.15, -0.1) is 0 Å². The summed E-state index contributed by atoms with van der Waals surface area (Å²) in [5, 5.41) is 2.79. The first-order valence-electron chi connectivity index (χ1n) is 8.20. The maximum atomic E-state index is 12.1. The third-order valence-corrected chi connectivity index (χ3v) is 4.95. The van der Waals surface area contributed by atoms with Crippen molar-refractivity contribution in [2.24, 2.45) is 0 Å². The molecule has 0 unspecified atom stereocenters. The Morgan fingerprint density at radius 3 is 2.17 bits per heavy atom. The number of rotatable bonds is 5. The van der Waals surface area contributed by atoms with Gasteiger partial charge in [-0.2, -0.15) is 0 Å². The van der Waals surface area contributed by atoms with Crippen LogP contribution in [0.4, 0.5) is 11.4 Å². The van der Waals surface area contributed by atoms with Crippen molar-refractivity contribution in [3.8, 4) is 0 Å². The van der Waals surface area contributed by atoms with Gasteiger partial charge in [0.25, 0.3) is 0 Å². The van der Waals surface area contributed by atoms with Crippen molar-refractivity contribution in [2.45, 2.75) is 39.2 Å². The fourth-order valence-corrected chi connectivity index (χ4v) is 3.65. The normalized spacial score (nSPS) is 15.4. The number of nitrogens with zero attached hydrogens (tertiary/aromatic N) is 2. The van der Waals surface area contributed by atoms with E-state index in [9.17, 15) is 13.2 Å². The molecule has 1 saturated heterocycles. The molecule has 0 bridgehead atoms. The molecule has 0 spiro atoms. The van der Waals surface area contributed by atoms with Crippen molar-refractivity contribution in [2.75, 3.05) is 35.1 Å². The fourth-order valence-electron chi connectivity index (χ4n) is 2.79. The van der Waals surface area contributed by atoms with Gasteiger partial charge in [-0.25, -0.2) is 8.42 Å². The lowest BCUT2D eigenvalue weighted by Crippen LogP contribution is -2.47. The second-order valence-corrected chi connectivity index (χ2v) is 9.19. The van der Waals surface area contributed by atoms with E-state index in [0.717, 1.165) is 29.3 Å². The molecule has 0 saturated carbocycles. The minimum atomic E-state index is -3.54. The van der Waals surface area contributed by atoms with Gasteiger partial charge in [-0.05, 0) is 57.9 Å². The maximum absolute atomic E-state index is 12.1. The molecule has 1 amide bonds. The Hall–Kier alpha value is -1.76. The third-order valence-electron chi connectivity index (χ3n) is 3.81. The van der Waals surface area contributed by atoms with E-state index in [-0.39, 0.29) is 12.5 Å². The fraction of sp³-hybridized carbons (Fsp3) is 0.588. The molecule has 1 fully saturated rings. The van der Waals surface area contributed by atoms with Crippen LogP contribution in [0, 0.1) is 0 Å². The maximum Gasteiger partial charge on any atom is 0.241 e. The van der Waals surface area contributed by atoms with Crippen molar-refractivity contribution in [1.29, 1.82) is 0 Å². The molecular formula is C17H27N3O3S. The van der Waals surface area contributed by atoms with E-state index >= 15 is 0 Å². The summed E-state index contributed by atoms with van der Waals surface area (Å²) in [6.07, 6.45) is 3.49. The standard InChI is InChI=1S/C17H27N3O3S/c1-17(2,3)18-16(21)13-20(24(4,22)23)15-9-7-14(8-10-15)19-11-5-6-12-19/h7-10H,5-6,11-13H2,1-4H3,(H,18,21). The summed E-state index contributed by atoms with van der Waals surface area (Å²) in [5.41, 5.74) is 1.19. The second kappa shape index (κ2) is 7.01. The molecule has 2 rings (SSSR count). The molecule has 0 aromatic heterocycles. The Bertz CT molecular complexity index is 672. The van der Waals surface area contributed by atoms with Gasteiger partial charge in [0.15, 0.2) is 0 Å². The van der Waals surface area contributed by atoms with Gasteiger partial charge < -0.3 is 10.2 Å². The van der Waals surface area contributed by atoms with Crippen LogP contribution < -0.4 is 14.5 Å². The van der Waals surface area contributed by atoms with Gasteiger partial charge in [-0.1, -0.05) is 0 Å². The van der Waals surface area contributed by atoms with Gasteiger partial charge in [0.1, 0.15) is 6.54 Å². The molecule has 6 nitrogen and oxygen atoms in total. The largest absolute Gasteiger partial charge is 0.372 e. The number of benzene rings is 1. The van der Waals surface area contributed by atoms with E-state index in [1.807, 2.05) is 32.9 Å². The number of amides is 1. The van der Waals surface area contributed by atoms with Crippen LogP contribution in [0.2, 0.25) is 0 Å². The van der Waals surface area contributed by atoms with Gasteiger partial charge in [0.2, 0.25) is 15.9 Å². The van der Waals surface area contributed by atoms with E-state index in [1.165, 1.54) is 12.8 Å².